The SMILES string of the molecule is CC(C)(O)C(C)(C)NCc1ccc(O)cc1O. The summed E-state index contributed by atoms with van der Waals surface area (Å²) >= 11 is 0. The minimum atomic E-state index is -0.875. The number of nitrogens with one attached hydrogen (secondary N) is 1. The summed E-state index contributed by atoms with van der Waals surface area (Å²) in [6.45, 7) is 7.67. The van der Waals surface area contributed by atoms with Crippen LogP contribution >= 0.6 is 0 Å². The van der Waals surface area contributed by atoms with Crippen molar-refractivity contribution in [3.63, 3.8) is 0 Å². The molecule has 96 valence electrons. The van der Waals surface area contributed by atoms with Crippen LogP contribution in [0.2, 0.25) is 0 Å². The molecular formula is C13H21NO3. The smallest absolute Gasteiger partial charge is 0.123 e. The van der Waals surface area contributed by atoms with Crippen molar-refractivity contribution in [3.05, 3.63) is 23.8 Å². The predicted octanol–water partition coefficient (Wildman–Crippen LogP) is 1.74. The molecule has 0 aliphatic heterocycles. The molecule has 4 N–H and O–H groups in total. The van der Waals surface area contributed by atoms with Gasteiger partial charge in [-0.1, -0.05) is 6.07 Å². The van der Waals surface area contributed by atoms with Crippen LogP contribution in [-0.2, 0) is 6.54 Å². The summed E-state index contributed by atoms with van der Waals surface area (Å²) < 4.78 is 0. The van der Waals surface area contributed by atoms with Gasteiger partial charge in [-0.05, 0) is 33.8 Å². The summed E-state index contributed by atoms with van der Waals surface area (Å²) in [5, 5.41) is 32.0. The largest absolute Gasteiger partial charge is 0.508 e. The van der Waals surface area contributed by atoms with E-state index < -0.39 is 11.1 Å². The Balaban J connectivity index is 2.74. The quantitative estimate of drug-likeness (QED) is 0.646. The third-order valence-electron chi connectivity index (χ3n) is 3.32. The highest BCUT2D eigenvalue weighted by Crippen LogP contribution is 2.25. The average Bonchev–Trinajstić information content (AvgIpc) is 2.14. The molecule has 0 fully saturated rings. The monoisotopic (exact) mass is 239 g/mol. The molecule has 0 atom stereocenters. The lowest BCUT2D eigenvalue weighted by atomic mass is 9.86. The van der Waals surface area contributed by atoms with Crippen LogP contribution in [-0.4, -0.2) is 26.5 Å². The minimum Gasteiger partial charge on any atom is -0.508 e. The number of hydrogen-bond acceptors (Lipinski definition) is 4. The van der Waals surface area contributed by atoms with E-state index in [1.807, 2.05) is 13.8 Å². The van der Waals surface area contributed by atoms with E-state index in [0.717, 1.165) is 0 Å². The van der Waals surface area contributed by atoms with Crippen molar-refractivity contribution in [1.82, 2.24) is 5.32 Å². The van der Waals surface area contributed by atoms with E-state index in [9.17, 15) is 15.3 Å². The van der Waals surface area contributed by atoms with E-state index in [1.54, 1.807) is 19.9 Å². The van der Waals surface area contributed by atoms with Crippen molar-refractivity contribution >= 4 is 0 Å². The number of phenols is 2. The molecular weight excluding hydrogens is 218 g/mol. The van der Waals surface area contributed by atoms with Crippen LogP contribution in [0, 0.1) is 0 Å². The standard InChI is InChI=1S/C13H21NO3/c1-12(2,13(3,4)17)14-8-9-5-6-10(15)7-11(9)16/h5-7,14-17H,8H2,1-4H3. The summed E-state index contributed by atoms with van der Waals surface area (Å²) in [6, 6.07) is 4.47. The van der Waals surface area contributed by atoms with Crippen molar-refractivity contribution in [1.29, 1.82) is 0 Å². The zero-order chi connectivity index (χ0) is 13.3. The number of hydrogen-bond donors (Lipinski definition) is 4. The second-order valence-corrected chi connectivity index (χ2v) is 5.35. The highest BCUT2D eigenvalue weighted by atomic mass is 16.3. The fourth-order valence-electron chi connectivity index (χ4n) is 1.23. The Morgan fingerprint density at radius 3 is 2.18 bits per heavy atom. The van der Waals surface area contributed by atoms with Gasteiger partial charge < -0.3 is 20.6 Å². The van der Waals surface area contributed by atoms with Gasteiger partial charge in [0.05, 0.1) is 5.60 Å². The molecule has 4 nitrogen and oxygen atoms in total. The van der Waals surface area contributed by atoms with Crippen LogP contribution in [0.1, 0.15) is 33.3 Å². The van der Waals surface area contributed by atoms with Crippen LogP contribution < -0.4 is 5.32 Å². The zero-order valence-electron chi connectivity index (χ0n) is 10.8. The summed E-state index contributed by atoms with van der Waals surface area (Å²) in [5.41, 5.74) is -0.684. The van der Waals surface area contributed by atoms with Gasteiger partial charge in [0.2, 0.25) is 0 Å². The highest BCUT2D eigenvalue weighted by molar-refractivity contribution is 5.38. The molecule has 0 aromatic heterocycles. The Morgan fingerprint density at radius 2 is 1.71 bits per heavy atom. The van der Waals surface area contributed by atoms with Gasteiger partial charge in [0.1, 0.15) is 11.5 Å². The van der Waals surface area contributed by atoms with Gasteiger partial charge in [-0.25, -0.2) is 0 Å². The van der Waals surface area contributed by atoms with Crippen molar-refractivity contribution in [2.24, 2.45) is 0 Å². The first-order valence-corrected chi connectivity index (χ1v) is 5.62. The fourth-order valence-corrected chi connectivity index (χ4v) is 1.23. The number of benzene rings is 1. The van der Waals surface area contributed by atoms with Gasteiger partial charge in [-0.2, -0.15) is 0 Å². The summed E-state index contributed by atoms with van der Waals surface area (Å²) in [6.07, 6.45) is 0. The molecule has 0 heterocycles. The van der Waals surface area contributed by atoms with Crippen molar-refractivity contribution in [2.45, 2.75) is 45.4 Å². The molecule has 0 bridgehead atoms. The van der Waals surface area contributed by atoms with Crippen LogP contribution in [0.3, 0.4) is 0 Å². The van der Waals surface area contributed by atoms with Gasteiger partial charge in [-0.3, -0.25) is 0 Å². The van der Waals surface area contributed by atoms with Crippen LogP contribution in [0.15, 0.2) is 18.2 Å². The number of aliphatic hydroxyl groups is 1. The van der Waals surface area contributed by atoms with E-state index in [1.165, 1.54) is 12.1 Å². The Bertz CT molecular complexity index is 394. The average molecular weight is 239 g/mol. The topological polar surface area (TPSA) is 72.7 Å². The van der Waals surface area contributed by atoms with Crippen molar-refractivity contribution in [3.8, 4) is 11.5 Å². The highest BCUT2D eigenvalue weighted by Gasteiger charge is 2.34. The minimum absolute atomic E-state index is 0.0352. The van der Waals surface area contributed by atoms with Crippen LogP contribution in [0.25, 0.3) is 0 Å². The van der Waals surface area contributed by atoms with Gasteiger partial charge in [0.15, 0.2) is 0 Å². The number of aromatic hydroxyl groups is 2. The third-order valence-corrected chi connectivity index (χ3v) is 3.32. The maximum Gasteiger partial charge on any atom is 0.123 e. The lowest BCUT2D eigenvalue weighted by molar-refractivity contribution is -0.00540. The molecule has 1 rings (SSSR count). The third kappa shape index (κ3) is 3.35. The molecule has 0 saturated carbocycles. The molecule has 1 aromatic carbocycles. The van der Waals surface area contributed by atoms with E-state index in [2.05, 4.69) is 5.32 Å². The lowest BCUT2D eigenvalue weighted by Crippen LogP contribution is -2.55. The number of phenolic OH excluding ortho intramolecular Hbond substituents is 2. The summed E-state index contributed by atoms with van der Waals surface area (Å²) in [7, 11) is 0. The van der Waals surface area contributed by atoms with E-state index in [0.29, 0.717) is 12.1 Å². The van der Waals surface area contributed by atoms with E-state index >= 15 is 0 Å². The molecule has 0 saturated heterocycles. The molecule has 0 aliphatic rings. The summed E-state index contributed by atoms with van der Waals surface area (Å²) in [5.74, 6) is 0.0806. The molecule has 0 radical (unpaired) electrons. The molecule has 0 spiro atoms. The zero-order valence-corrected chi connectivity index (χ0v) is 10.8. The fraction of sp³-hybridized carbons (Fsp3) is 0.538. The second kappa shape index (κ2) is 4.55. The Morgan fingerprint density at radius 1 is 1.12 bits per heavy atom. The molecule has 0 aliphatic carbocycles. The Kier molecular flexibility index (Phi) is 3.69. The molecule has 4 heteroatoms. The van der Waals surface area contributed by atoms with Crippen molar-refractivity contribution in [2.75, 3.05) is 0 Å². The first kappa shape index (κ1) is 13.8. The first-order valence-electron chi connectivity index (χ1n) is 5.62. The van der Waals surface area contributed by atoms with E-state index in [4.69, 9.17) is 0 Å². The Hall–Kier alpha value is -1.26. The summed E-state index contributed by atoms with van der Waals surface area (Å²) in [4.78, 5) is 0. The second-order valence-electron chi connectivity index (χ2n) is 5.35. The first-order chi connectivity index (χ1) is 7.63. The molecule has 0 unspecified atom stereocenters. The number of rotatable bonds is 4. The Labute approximate surface area is 102 Å². The van der Waals surface area contributed by atoms with Gasteiger partial charge in [0.25, 0.3) is 0 Å². The van der Waals surface area contributed by atoms with Gasteiger partial charge in [-0.15, -0.1) is 0 Å². The maximum atomic E-state index is 9.97. The van der Waals surface area contributed by atoms with Gasteiger partial charge >= 0.3 is 0 Å². The van der Waals surface area contributed by atoms with Gasteiger partial charge in [0, 0.05) is 23.7 Å². The predicted molar refractivity (Wildman–Crippen MR) is 67.0 cm³/mol. The maximum absolute atomic E-state index is 9.97. The van der Waals surface area contributed by atoms with E-state index in [-0.39, 0.29) is 11.5 Å². The van der Waals surface area contributed by atoms with Crippen LogP contribution in [0.5, 0.6) is 11.5 Å². The lowest BCUT2D eigenvalue weighted by Gasteiger charge is -2.38. The molecule has 1 aromatic rings. The normalized spacial score (nSPS) is 12.8. The van der Waals surface area contributed by atoms with Crippen LogP contribution in [0.4, 0.5) is 0 Å². The molecule has 0 amide bonds. The molecule has 17 heavy (non-hydrogen) atoms. The van der Waals surface area contributed by atoms with Crippen molar-refractivity contribution < 1.29 is 15.3 Å².